The van der Waals surface area contributed by atoms with Gasteiger partial charge in [0.25, 0.3) is 5.89 Å². The second-order valence-corrected chi connectivity index (χ2v) is 7.04. The Kier molecular flexibility index (Phi) is 4.79. The summed E-state index contributed by atoms with van der Waals surface area (Å²) in [5, 5.41) is 9.48. The van der Waals surface area contributed by atoms with E-state index in [0.717, 1.165) is 32.5 Å². The molecule has 7 heteroatoms. The van der Waals surface area contributed by atoms with Crippen LogP contribution in [0.4, 0.5) is 0 Å². The zero-order chi connectivity index (χ0) is 17.2. The number of hydrogen-bond donors (Lipinski definition) is 0. The first-order valence-electron chi connectivity index (χ1n) is 8.22. The van der Waals surface area contributed by atoms with E-state index in [9.17, 15) is 0 Å². The first-order valence-corrected chi connectivity index (χ1v) is 8.98. The summed E-state index contributed by atoms with van der Waals surface area (Å²) >= 11 is 12.1. The van der Waals surface area contributed by atoms with Crippen LogP contribution >= 0.6 is 23.2 Å². The fourth-order valence-electron chi connectivity index (χ4n) is 3.13. The lowest BCUT2D eigenvalue weighted by atomic mass is 9.96. The maximum Gasteiger partial charge on any atom is 0.283 e. The lowest BCUT2D eigenvalue weighted by Gasteiger charge is -2.30. The third-order valence-corrected chi connectivity index (χ3v) is 5.24. The quantitative estimate of drug-likeness (QED) is 0.638. The number of likely N-dealkylation sites (tertiary alicyclic amines) is 1. The van der Waals surface area contributed by atoms with Crippen molar-refractivity contribution < 1.29 is 8.83 Å². The molecule has 0 unspecified atom stereocenters. The molecule has 0 N–H and O–H groups in total. The van der Waals surface area contributed by atoms with Gasteiger partial charge in [0, 0.05) is 12.5 Å². The molecule has 0 saturated carbocycles. The molecule has 1 saturated heterocycles. The average Bonchev–Trinajstić information content (AvgIpc) is 3.30. The Morgan fingerprint density at radius 1 is 1.08 bits per heavy atom. The topological polar surface area (TPSA) is 55.3 Å². The minimum absolute atomic E-state index is 0.293. The fraction of sp³-hybridized carbons (Fsp3) is 0.333. The highest BCUT2D eigenvalue weighted by molar-refractivity contribution is 6.42. The summed E-state index contributed by atoms with van der Waals surface area (Å²) < 4.78 is 11.1. The summed E-state index contributed by atoms with van der Waals surface area (Å²) in [5.41, 5.74) is 1.17. The number of furan rings is 1. The molecule has 0 spiro atoms. The zero-order valence-corrected chi connectivity index (χ0v) is 15.0. The van der Waals surface area contributed by atoms with Crippen LogP contribution in [-0.2, 0) is 6.54 Å². The Morgan fingerprint density at radius 2 is 1.92 bits per heavy atom. The van der Waals surface area contributed by atoms with Crippen molar-refractivity contribution in [2.24, 2.45) is 0 Å². The summed E-state index contributed by atoms with van der Waals surface area (Å²) in [6.07, 6.45) is 3.57. The summed E-state index contributed by atoms with van der Waals surface area (Å²) in [7, 11) is 0. The highest BCUT2D eigenvalue weighted by Crippen LogP contribution is 2.30. The number of rotatable bonds is 4. The summed E-state index contributed by atoms with van der Waals surface area (Å²) in [4.78, 5) is 2.40. The van der Waals surface area contributed by atoms with Gasteiger partial charge in [-0.15, -0.1) is 10.2 Å². The van der Waals surface area contributed by atoms with Crippen LogP contribution < -0.4 is 0 Å². The molecular weight excluding hydrogens is 361 g/mol. The number of benzene rings is 1. The molecule has 130 valence electrons. The molecule has 3 heterocycles. The molecule has 1 aliphatic heterocycles. The van der Waals surface area contributed by atoms with E-state index in [0.29, 0.717) is 33.5 Å². The minimum Gasteiger partial charge on any atom is -0.459 e. The molecule has 1 aliphatic rings. The van der Waals surface area contributed by atoms with Gasteiger partial charge in [0.05, 0.1) is 16.3 Å². The molecule has 0 aliphatic carbocycles. The molecule has 4 rings (SSSR count). The van der Waals surface area contributed by atoms with Crippen LogP contribution in [0.2, 0.25) is 10.0 Å². The molecule has 0 bridgehead atoms. The SMILES string of the molecule is Clc1ccc(CN2CCC(c3nnc(-c4ccco4)o3)CC2)cc1Cl. The largest absolute Gasteiger partial charge is 0.459 e. The number of hydrogen-bond acceptors (Lipinski definition) is 5. The van der Waals surface area contributed by atoms with Crippen LogP contribution in [0.15, 0.2) is 45.4 Å². The van der Waals surface area contributed by atoms with Crippen LogP contribution in [0.1, 0.15) is 30.2 Å². The lowest BCUT2D eigenvalue weighted by Crippen LogP contribution is -2.32. The zero-order valence-electron chi connectivity index (χ0n) is 13.5. The highest BCUT2D eigenvalue weighted by atomic mass is 35.5. The van der Waals surface area contributed by atoms with Crippen LogP contribution in [0.25, 0.3) is 11.7 Å². The second-order valence-electron chi connectivity index (χ2n) is 6.22. The van der Waals surface area contributed by atoms with Crippen LogP contribution in [0.5, 0.6) is 0 Å². The Morgan fingerprint density at radius 3 is 2.64 bits per heavy atom. The standard InChI is InChI=1S/C18H17Cl2N3O2/c19-14-4-3-12(10-15(14)20)11-23-7-5-13(6-8-23)17-21-22-18(25-17)16-2-1-9-24-16/h1-4,9-10,13H,5-8,11H2. The molecule has 5 nitrogen and oxygen atoms in total. The molecule has 1 fully saturated rings. The maximum atomic E-state index is 6.09. The lowest BCUT2D eigenvalue weighted by molar-refractivity contribution is 0.193. The molecule has 0 amide bonds. The van der Waals surface area contributed by atoms with E-state index < -0.39 is 0 Å². The molecule has 0 radical (unpaired) electrons. The van der Waals surface area contributed by atoms with Gasteiger partial charge in [-0.1, -0.05) is 29.3 Å². The normalized spacial score (nSPS) is 16.4. The van der Waals surface area contributed by atoms with E-state index in [-0.39, 0.29) is 0 Å². The Bertz CT molecular complexity index is 840. The van der Waals surface area contributed by atoms with Gasteiger partial charge in [0.2, 0.25) is 5.89 Å². The number of aromatic nitrogens is 2. The first kappa shape index (κ1) is 16.6. The van der Waals surface area contributed by atoms with Crippen molar-refractivity contribution in [3.8, 4) is 11.7 Å². The van der Waals surface area contributed by atoms with Crippen molar-refractivity contribution in [3.63, 3.8) is 0 Å². The molecule has 3 aromatic rings. The monoisotopic (exact) mass is 377 g/mol. The highest BCUT2D eigenvalue weighted by Gasteiger charge is 2.25. The summed E-state index contributed by atoms with van der Waals surface area (Å²) in [6, 6.07) is 9.43. The van der Waals surface area contributed by atoms with E-state index in [1.54, 1.807) is 12.3 Å². The molecule has 25 heavy (non-hydrogen) atoms. The van der Waals surface area contributed by atoms with Crippen molar-refractivity contribution in [2.75, 3.05) is 13.1 Å². The van der Waals surface area contributed by atoms with E-state index in [1.807, 2.05) is 24.3 Å². The van der Waals surface area contributed by atoms with Gasteiger partial charge in [0.1, 0.15) is 0 Å². The fourth-order valence-corrected chi connectivity index (χ4v) is 3.45. The third-order valence-electron chi connectivity index (χ3n) is 4.50. The van der Waals surface area contributed by atoms with Crippen molar-refractivity contribution in [3.05, 3.63) is 58.1 Å². The minimum atomic E-state index is 0.293. The van der Waals surface area contributed by atoms with Gasteiger partial charge in [0.15, 0.2) is 5.76 Å². The van der Waals surface area contributed by atoms with Crippen molar-refractivity contribution >= 4 is 23.2 Å². The van der Waals surface area contributed by atoms with Gasteiger partial charge in [-0.25, -0.2) is 0 Å². The van der Waals surface area contributed by atoms with Gasteiger partial charge < -0.3 is 8.83 Å². The van der Waals surface area contributed by atoms with E-state index in [2.05, 4.69) is 15.1 Å². The Hall–Kier alpha value is -1.82. The van der Waals surface area contributed by atoms with Crippen LogP contribution in [0.3, 0.4) is 0 Å². The predicted molar refractivity (Wildman–Crippen MR) is 95.7 cm³/mol. The summed E-state index contributed by atoms with van der Waals surface area (Å²) in [5.74, 6) is 2.04. The Labute approximate surface area is 155 Å². The smallest absolute Gasteiger partial charge is 0.283 e. The third kappa shape index (κ3) is 3.73. The van der Waals surface area contributed by atoms with Crippen molar-refractivity contribution in [1.29, 1.82) is 0 Å². The Balaban J connectivity index is 1.36. The van der Waals surface area contributed by atoms with E-state index in [1.165, 1.54) is 5.56 Å². The van der Waals surface area contributed by atoms with Gasteiger partial charge in [-0.05, 0) is 55.8 Å². The van der Waals surface area contributed by atoms with Gasteiger partial charge in [-0.2, -0.15) is 0 Å². The van der Waals surface area contributed by atoms with Crippen molar-refractivity contribution in [2.45, 2.75) is 25.3 Å². The van der Waals surface area contributed by atoms with Crippen molar-refractivity contribution in [1.82, 2.24) is 15.1 Å². The van der Waals surface area contributed by atoms with Crippen LogP contribution in [-0.4, -0.2) is 28.2 Å². The van der Waals surface area contributed by atoms with E-state index >= 15 is 0 Å². The number of nitrogens with zero attached hydrogens (tertiary/aromatic N) is 3. The maximum absolute atomic E-state index is 6.09. The molecule has 0 atom stereocenters. The molecule has 2 aromatic heterocycles. The summed E-state index contributed by atoms with van der Waals surface area (Å²) in [6.45, 7) is 2.82. The second kappa shape index (κ2) is 7.20. The predicted octanol–water partition coefficient (Wildman–Crippen LogP) is 5.02. The number of piperidine rings is 1. The van der Waals surface area contributed by atoms with Crippen LogP contribution in [0, 0.1) is 0 Å². The average molecular weight is 378 g/mol. The molecular formula is C18H17Cl2N3O2. The van der Waals surface area contributed by atoms with E-state index in [4.69, 9.17) is 32.0 Å². The first-order chi connectivity index (χ1) is 12.2. The number of halogens is 2. The van der Waals surface area contributed by atoms with Gasteiger partial charge >= 0.3 is 0 Å². The molecule has 1 aromatic carbocycles. The van der Waals surface area contributed by atoms with Gasteiger partial charge in [-0.3, -0.25) is 4.90 Å².